The topological polar surface area (TPSA) is 58.4 Å². The first kappa shape index (κ1) is 15.0. The van der Waals surface area contributed by atoms with E-state index in [4.69, 9.17) is 5.11 Å². The van der Waals surface area contributed by atoms with E-state index in [1.54, 1.807) is 0 Å². The van der Waals surface area contributed by atoms with E-state index in [-0.39, 0.29) is 5.92 Å². The molecular formula is C15H25N3O2. The lowest BCUT2D eigenvalue weighted by Crippen LogP contribution is -2.42. The molecule has 112 valence electrons. The largest absolute Gasteiger partial charge is 0.481 e. The van der Waals surface area contributed by atoms with Gasteiger partial charge in [0.15, 0.2) is 0 Å². The van der Waals surface area contributed by atoms with E-state index < -0.39 is 5.97 Å². The zero-order valence-electron chi connectivity index (χ0n) is 12.6. The van der Waals surface area contributed by atoms with Gasteiger partial charge in [-0.3, -0.25) is 14.4 Å². The van der Waals surface area contributed by atoms with Crippen molar-refractivity contribution in [2.24, 2.45) is 5.92 Å². The van der Waals surface area contributed by atoms with Crippen molar-refractivity contribution >= 4 is 5.97 Å². The molecular weight excluding hydrogens is 254 g/mol. The Morgan fingerprint density at radius 1 is 1.60 bits per heavy atom. The van der Waals surface area contributed by atoms with Crippen molar-refractivity contribution in [3.8, 4) is 0 Å². The van der Waals surface area contributed by atoms with Crippen molar-refractivity contribution in [1.82, 2.24) is 14.7 Å². The molecule has 3 atom stereocenters. The quantitative estimate of drug-likeness (QED) is 0.900. The number of carboxylic acid groups (broad SMARTS) is 1. The third-order valence-corrected chi connectivity index (χ3v) is 4.43. The van der Waals surface area contributed by atoms with Gasteiger partial charge in [0.1, 0.15) is 0 Å². The van der Waals surface area contributed by atoms with Crippen molar-refractivity contribution in [2.45, 2.75) is 58.7 Å². The molecule has 5 heteroatoms. The van der Waals surface area contributed by atoms with E-state index in [0.29, 0.717) is 12.1 Å². The van der Waals surface area contributed by atoms with Gasteiger partial charge >= 0.3 is 5.97 Å². The molecule has 0 aliphatic carbocycles. The smallest absolute Gasteiger partial charge is 0.306 e. The highest BCUT2D eigenvalue weighted by molar-refractivity contribution is 5.70. The lowest BCUT2D eigenvalue weighted by atomic mass is 9.91. The van der Waals surface area contributed by atoms with Crippen LogP contribution in [0.2, 0.25) is 0 Å². The fourth-order valence-corrected chi connectivity index (χ4v) is 2.78. The average molecular weight is 279 g/mol. The molecule has 20 heavy (non-hydrogen) atoms. The summed E-state index contributed by atoms with van der Waals surface area (Å²) in [5, 5.41) is 13.7. The fraction of sp³-hybridized carbons (Fsp3) is 0.733. The Kier molecular flexibility index (Phi) is 4.81. The number of hydrogen-bond donors (Lipinski definition) is 1. The van der Waals surface area contributed by atoms with Gasteiger partial charge in [-0.1, -0.05) is 6.92 Å². The minimum atomic E-state index is -0.655. The summed E-state index contributed by atoms with van der Waals surface area (Å²) in [6, 6.07) is 2.81. The third kappa shape index (κ3) is 3.39. The number of aliphatic carboxylic acids is 1. The van der Waals surface area contributed by atoms with E-state index >= 15 is 0 Å². The molecule has 1 saturated heterocycles. The van der Waals surface area contributed by atoms with Gasteiger partial charge in [0, 0.05) is 24.8 Å². The van der Waals surface area contributed by atoms with Crippen LogP contribution in [-0.2, 0) is 11.3 Å². The van der Waals surface area contributed by atoms with Gasteiger partial charge in [0.2, 0.25) is 0 Å². The van der Waals surface area contributed by atoms with Crippen LogP contribution < -0.4 is 0 Å². The van der Waals surface area contributed by atoms with Crippen molar-refractivity contribution in [3.05, 3.63) is 18.0 Å². The molecule has 5 nitrogen and oxygen atoms in total. The van der Waals surface area contributed by atoms with Crippen LogP contribution in [0.1, 0.15) is 51.8 Å². The van der Waals surface area contributed by atoms with Crippen LogP contribution in [0, 0.1) is 5.92 Å². The summed E-state index contributed by atoms with van der Waals surface area (Å²) in [5.74, 6) is -0.837. The standard InChI is InChI=1S/C15H25N3O2/c1-4-11(2)18-8-6-14(16-18)10-17-7-5-13(15(19)20)9-12(17)3/h6,8,11-13H,4-5,7,9-10H2,1-3H3,(H,19,20). The third-order valence-electron chi connectivity index (χ3n) is 4.43. The first-order valence-electron chi connectivity index (χ1n) is 7.52. The first-order chi connectivity index (χ1) is 9.51. The summed E-state index contributed by atoms with van der Waals surface area (Å²) in [6.45, 7) is 8.09. The summed E-state index contributed by atoms with van der Waals surface area (Å²) in [7, 11) is 0. The molecule has 0 saturated carbocycles. The maximum absolute atomic E-state index is 11.0. The number of likely N-dealkylation sites (tertiary alicyclic amines) is 1. The second kappa shape index (κ2) is 6.39. The molecule has 2 heterocycles. The molecule has 2 rings (SSSR count). The monoisotopic (exact) mass is 279 g/mol. The second-order valence-electron chi connectivity index (χ2n) is 5.92. The minimum absolute atomic E-state index is 0.182. The highest BCUT2D eigenvalue weighted by Gasteiger charge is 2.29. The fourth-order valence-electron chi connectivity index (χ4n) is 2.78. The number of carboxylic acids is 1. The van der Waals surface area contributed by atoms with Crippen LogP contribution >= 0.6 is 0 Å². The summed E-state index contributed by atoms with van der Waals surface area (Å²) in [4.78, 5) is 13.4. The summed E-state index contributed by atoms with van der Waals surface area (Å²) >= 11 is 0. The van der Waals surface area contributed by atoms with Crippen LogP contribution in [0.15, 0.2) is 12.3 Å². The molecule has 1 aromatic heterocycles. The Morgan fingerprint density at radius 2 is 2.35 bits per heavy atom. The van der Waals surface area contributed by atoms with Gasteiger partial charge in [-0.25, -0.2) is 0 Å². The molecule has 0 amide bonds. The Bertz CT molecular complexity index is 458. The summed E-state index contributed by atoms with van der Waals surface area (Å²) in [5.41, 5.74) is 1.07. The maximum Gasteiger partial charge on any atom is 0.306 e. The van der Waals surface area contributed by atoms with Gasteiger partial charge in [0.05, 0.1) is 11.6 Å². The van der Waals surface area contributed by atoms with E-state index in [0.717, 1.165) is 38.0 Å². The van der Waals surface area contributed by atoms with Gasteiger partial charge < -0.3 is 5.11 Å². The minimum Gasteiger partial charge on any atom is -0.481 e. The number of aromatic nitrogens is 2. The van der Waals surface area contributed by atoms with Crippen molar-refractivity contribution in [3.63, 3.8) is 0 Å². The van der Waals surface area contributed by atoms with Crippen LogP contribution in [0.25, 0.3) is 0 Å². The lowest BCUT2D eigenvalue weighted by molar-refractivity contribution is -0.144. The number of carbonyl (C=O) groups is 1. The number of nitrogens with zero attached hydrogens (tertiary/aromatic N) is 3. The van der Waals surface area contributed by atoms with E-state index in [2.05, 4.69) is 36.8 Å². The van der Waals surface area contributed by atoms with Crippen LogP contribution in [0.3, 0.4) is 0 Å². The van der Waals surface area contributed by atoms with E-state index in [1.807, 2.05) is 10.9 Å². The van der Waals surface area contributed by atoms with Crippen molar-refractivity contribution in [2.75, 3.05) is 6.54 Å². The Hall–Kier alpha value is -1.36. The number of hydrogen-bond acceptors (Lipinski definition) is 3. The van der Waals surface area contributed by atoms with E-state index in [1.165, 1.54) is 0 Å². The Balaban J connectivity index is 1.94. The molecule has 1 N–H and O–H groups in total. The van der Waals surface area contributed by atoms with E-state index in [9.17, 15) is 4.79 Å². The SMILES string of the molecule is CCC(C)n1ccc(CN2CCC(C(=O)O)CC2C)n1. The zero-order chi connectivity index (χ0) is 14.7. The Morgan fingerprint density at radius 3 is 2.95 bits per heavy atom. The highest BCUT2D eigenvalue weighted by atomic mass is 16.4. The van der Waals surface area contributed by atoms with Crippen LogP contribution in [0.5, 0.6) is 0 Å². The molecule has 0 radical (unpaired) electrons. The number of rotatable bonds is 5. The van der Waals surface area contributed by atoms with Crippen LogP contribution in [-0.4, -0.2) is 38.3 Å². The Labute approximate surface area is 120 Å². The van der Waals surface area contributed by atoms with Crippen LogP contribution in [0.4, 0.5) is 0 Å². The molecule has 0 spiro atoms. The zero-order valence-corrected chi connectivity index (χ0v) is 12.6. The van der Waals surface area contributed by atoms with Crippen molar-refractivity contribution in [1.29, 1.82) is 0 Å². The molecule has 0 bridgehead atoms. The summed E-state index contributed by atoms with van der Waals surface area (Å²) < 4.78 is 2.02. The molecule has 1 aromatic rings. The van der Waals surface area contributed by atoms with Gasteiger partial charge in [-0.05, 0) is 45.7 Å². The highest BCUT2D eigenvalue weighted by Crippen LogP contribution is 2.24. The maximum atomic E-state index is 11.0. The molecule has 1 aliphatic rings. The average Bonchev–Trinajstić information content (AvgIpc) is 2.88. The molecule has 0 aromatic carbocycles. The predicted molar refractivity (Wildman–Crippen MR) is 77.5 cm³/mol. The summed E-state index contributed by atoms with van der Waals surface area (Å²) in [6.07, 6.45) is 4.59. The second-order valence-corrected chi connectivity index (χ2v) is 5.92. The number of piperidine rings is 1. The predicted octanol–water partition coefficient (Wildman–Crippen LogP) is 2.54. The molecule has 1 fully saturated rings. The van der Waals surface area contributed by atoms with Gasteiger partial charge in [-0.15, -0.1) is 0 Å². The molecule has 3 unspecified atom stereocenters. The molecule has 1 aliphatic heterocycles. The van der Waals surface area contributed by atoms with Crippen molar-refractivity contribution < 1.29 is 9.90 Å². The normalized spacial score (nSPS) is 25.6. The van der Waals surface area contributed by atoms with Gasteiger partial charge in [0.25, 0.3) is 0 Å². The van der Waals surface area contributed by atoms with Gasteiger partial charge in [-0.2, -0.15) is 5.10 Å². The lowest BCUT2D eigenvalue weighted by Gasteiger charge is -2.35. The first-order valence-corrected chi connectivity index (χ1v) is 7.52.